The van der Waals surface area contributed by atoms with Gasteiger partial charge in [0.05, 0.1) is 29.6 Å². The number of anilines is 2. The summed E-state index contributed by atoms with van der Waals surface area (Å²) >= 11 is 0. The molecule has 0 spiro atoms. The number of hydrogen-bond acceptors (Lipinski definition) is 5. The molecule has 1 aliphatic rings. The molecule has 0 aliphatic carbocycles. The van der Waals surface area contributed by atoms with Gasteiger partial charge in [0.15, 0.2) is 0 Å². The average molecular weight is 413 g/mol. The molecule has 6 heteroatoms. The van der Waals surface area contributed by atoms with E-state index >= 15 is 0 Å². The standard InChI is InChI=1S/C25H23N3O3/c1-26-15-16-8-11-19(12-9-16)27-23(17-6-4-3-5-7-17)22-20-13-10-18(25(30)31-2)14-21(20)28-24(22)29/h3-14,26-27H,15H2,1-2H3,(H,28,29)/b23-22-. The van der Waals surface area contributed by atoms with E-state index in [4.69, 9.17) is 4.74 Å². The van der Waals surface area contributed by atoms with E-state index in [9.17, 15) is 9.59 Å². The monoisotopic (exact) mass is 413 g/mol. The number of nitrogens with one attached hydrogen (secondary N) is 3. The van der Waals surface area contributed by atoms with E-state index in [2.05, 4.69) is 16.0 Å². The lowest BCUT2D eigenvalue weighted by Gasteiger charge is -2.15. The van der Waals surface area contributed by atoms with Crippen molar-refractivity contribution in [2.45, 2.75) is 6.54 Å². The third kappa shape index (κ3) is 4.20. The molecule has 3 aromatic carbocycles. The number of carbonyl (C=O) groups excluding carboxylic acids is 2. The summed E-state index contributed by atoms with van der Waals surface area (Å²) in [5, 5.41) is 9.44. The molecule has 3 N–H and O–H groups in total. The van der Waals surface area contributed by atoms with Crippen LogP contribution in [0.4, 0.5) is 11.4 Å². The number of hydrogen-bond donors (Lipinski definition) is 3. The van der Waals surface area contributed by atoms with E-state index in [0.29, 0.717) is 22.5 Å². The Morgan fingerprint density at radius 2 is 1.71 bits per heavy atom. The number of ether oxygens (including phenoxy) is 1. The third-order valence-corrected chi connectivity index (χ3v) is 5.10. The number of fused-ring (bicyclic) bond motifs is 1. The highest BCUT2D eigenvalue weighted by Crippen LogP contribution is 2.38. The highest BCUT2D eigenvalue weighted by Gasteiger charge is 2.29. The van der Waals surface area contributed by atoms with Crippen LogP contribution in [0.5, 0.6) is 0 Å². The van der Waals surface area contributed by atoms with Crippen LogP contribution in [0.3, 0.4) is 0 Å². The molecular formula is C25H23N3O3. The van der Waals surface area contributed by atoms with Crippen molar-refractivity contribution in [3.63, 3.8) is 0 Å². The van der Waals surface area contributed by atoms with Gasteiger partial charge in [0.1, 0.15) is 0 Å². The quantitative estimate of drug-likeness (QED) is 0.418. The molecule has 0 saturated carbocycles. The molecular weight excluding hydrogens is 390 g/mol. The molecule has 6 nitrogen and oxygen atoms in total. The largest absolute Gasteiger partial charge is 0.465 e. The fraction of sp³-hybridized carbons (Fsp3) is 0.120. The van der Waals surface area contributed by atoms with Gasteiger partial charge >= 0.3 is 5.97 Å². The van der Waals surface area contributed by atoms with Gasteiger partial charge in [0.25, 0.3) is 5.91 Å². The summed E-state index contributed by atoms with van der Waals surface area (Å²) in [5.41, 5.74) is 5.85. The number of carbonyl (C=O) groups is 2. The van der Waals surface area contributed by atoms with Crippen molar-refractivity contribution in [2.24, 2.45) is 0 Å². The van der Waals surface area contributed by atoms with E-state index in [-0.39, 0.29) is 5.91 Å². The van der Waals surface area contributed by atoms with Crippen LogP contribution in [0.2, 0.25) is 0 Å². The second-order valence-corrected chi connectivity index (χ2v) is 7.17. The Bertz CT molecular complexity index is 1150. The molecule has 1 amide bonds. The zero-order valence-corrected chi connectivity index (χ0v) is 17.4. The van der Waals surface area contributed by atoms with Crippen molar-refractivity contribution in [3.05, 3.63) is 95.1 Å². The first-order valence-electron chi connectivity index (χ1n) is 9.95. The number of esters is 1. The molecule has 0 aromatic heterocycles. The van der Waals surface area contributed by atoms with Gasteiger partial charge < -0.3 is 20.7 Å². The van der Waals surface area contributed by atoms with Crippen LogP contribution in [0, 0.1) is 0 Å². The van der Waals surface area contributed by atoms with Crippen molar-refractivity contribution in [1.29, 1.82) is 0 Å². The zero-order chi connectivity index (χ0) is 21.8. The smallest absolute Gasteiger partial charge is 0.337 e. The number of amides is 1. The van der Waals surface area contributed by atoms with Crippen LogP contribution in [0.1, 0.15) is 27.0 Å². The number of benzene rings is 3. The summed E-state index contributed by atoms with van der Waals surface area (Å²) in [6.45, 7) is 0.783. The predicted octanol–water partition coefficient (Wildman–Crippen LogP) is 4.13. The summed E-state index contributed by atoms with van der Waals surface area (Å²) in [4.78, 5) is 24.9. The maximum absolute atomic E-state index is 13.0. The van der Waals surface area contributed by atoms with E-state index in [1.165, 1.54) is 12.7 Å². The Kier molecular flexibility index (Phi) is 5.82. The van der Waals surface area contributed by atoms with E-state index in [1.54, 1.807) is 18.2 Å². The maximum Gasteiger partial charge on any atom is 0.337 e. The SMILES string of the molecule is CNCc1ccc(N/C(=C2\C(=O)Nc3cc(C(=O)OC)ccc32)c2ccccc2)cc1. The highest BCUT2D eigenvalue weighted by atomic mass is 16.5. The summed E-state index contributed by atoms with van der Waals surface area (Å²) in [7, 11) is 3.24. The summed E-state index contributed by atoms with van der Waals surface area (Å²) in [6.07, 6.45) is 0. The van der Waals surface area contributed by atoms with Crippen molar-refractivity contribution in [1.82, 2.24) is 5.32 Å². The Labute approximate surface area is 180 Å². The second-order valence-electron chi connectivity index (χ2n) is 7.17. The minimum absolute atomic E-state index is 0.227. The number of rotatable bonds is 6. The molecule has 156 valence electrons. The highest BCUT2D eigenvalue weighted by molar-refractivity contribution is 6.37. The van der Waals surface area contributed by atoms with Crippen LogP contribution >= 0.6 is 0 Å². The fourth-order valence-electron chi connectivity index (χ4n) is 3.60. The van der Waals surface area contributed by atoms with Gasteiger partial charge in [-0.3, -0.25) is 4.79 Å². The summed E-state index contributed by atoms with van der Waals surface area (Å²) < 4.78 is 4.79. The maximum atomic E-state index is 13.0. The Hall–Kier alpha value is -3.90. The number of methoxy groups -OCH3 is 1. The lowest BCUT2D eigenvalue weighted by Crippen LogP contribution is -2.10. The van der Waals surface area contributed by atoms with Gasteiger partial charge in [-0.15, -0.1) is 0 Å². The van der Waals surface area contributed by atoms with Gasteiger partial charge in [-0.25, -0.2) is 4.79 Å². The fourth-order valence-corrected chi connectivity index (χ4v) is 3.60. The van der Waals surface area contributed by atoms with Gasteiger partial charge in [0, 0.05) is 17.8 Å². The van der Waals surface area contributed by atoms with E-state index in [1.807, 2.05) is 61.6 Å². The van der Waals surface area contributed by atoms with Crippen molar-refractivity contribution in [3.8, 4) is 0 Å². The Morgan fingerprint density at radius 3 is 2.39 bits per heavy atom. The minimum Gasteiger partial charge on any atom is -0.465 e. The molecule has 0 saturated heterocycles. The van der Waals surface area contributed by atoms with Crippen LogP contribution in [-0.2, 0) is 16.1 Å². The lowest BCUT2D eigenvalue weighted by molar-refractivity contribution is -0.110. The molecule has 31 heavy (non-hydrogen) atoms. The molecule has 0 bridgehead atoms. The first-order valence-corrected chi connectivity index (χ1v) is 9.95. The molecule has 0 radical (unpaired) electrons. The molecule has 3 aromatic rings. The Balaban J connectivity index is 1.80. The first-order chi connectivity index (χ1) is 15.1. The molecule has 1 aliphatic heterocycles. The van der Waals surface area contributed by atoms with Gasteiger partial charge in [0.2, 0.25) is 0 Å². The lowest BCUT2D eigenvalue weighted by atomic mass is 9.99. The third-order valence-electron chi connectivity index (χ3n) is 5.10. The summed E-state index contributed by atoms with van der Waals surface area (Å²) in [6, 6.07) is 22.9. The van der Waals surface area contributed by atoms with Gasteiger partial charge in [-0.1, -0.05) is 48.5 Å². The van der Waals surface area contributed by atoms with Crippen molar-refractivity contribution >= 4 is 34.5 Å². The van der Waals surface area contributed by atoms with Crippen molar-refractivity contribution in [2.75, 3.05) is 24.8 Å². The van der Waals surface area contributed by atoms with E-state index in [0.717, 1.165) is 23.4 Å². The Morgan fingerprint density at radius 1 is 0.968 bits per heavy atom. The van der Waals surface area contributed by atoms with Gasteiger partial charge in [-0.05, 0) is 42.4 Å². The molecule has 4 rings (SSSR count). The van der Waals surface area contributed by atoms with Crippen LogP contribution in [0.15, 0.2) is 72.8 Å². The molecule has 0 fully saturated rings. The zero-order valence-electron chi connectivity index (χ0n) is 17.4. The van der Waals surface area contributed by atoms with Crippen LogP contribution in [0.25, 0.3) is 11.3 Å². The van der Waals surface area contributed by atoms with E-state index < -0.39 is 5.97 Å². The predicted molar refractivity (Wildman–Crippen MR) is 122 cm³/mol. The van der Waals surface area contributed by atoms with Gasteiger partial charge in [-0.2, -0.15) is 0 Å². The second kappa shape index (κ2) is 8.85. The molecule has 0 atom stereocenters. The first kappa shape index (κ1) is 20.4. The van der Waals surface area contributed by atoms with Crippen LogP contribution in [-0.4, -0.2) is 26.0 Å². The normalized spacial score (nSPS) is 13.9. The van der Waals surface area contributed by atoms with Crippen LogP contribution < -0.4 is 16.0 Å². The molecule has 0 unspecified atom stereocenters. The van der Waals surface area contributed by atoms with Crippen molar-refractivity contribution < 1.29 is 14.3 Å². The average Bonchev–Trinajstić information content (AvgIpc) is 3.13. The molecule has 1 heterocycles. The summed E-state index contributed by atoms with van der Waals surface area (Å²) in [5.74, 6) is -0.673. The topological polar surface area (TPSA) is 79.5 Å². The minimum atomic E-state index is -0.447.